The molecule has 118 valence electrons. The van der Waals surface area contributed by atoms with Crippen molar-refractivity contribution in [3.63, 3.8) is 0 Å². The van der Waals surface area contributed by atoms with E-state index in [-0.39, 0.29) is 23.9 Å². The van der Waals surface area contributed by atoms with Crippen LogP contribution in [0.2, 0.25) is 0 Å². The van der Waals surface area contributed by atoms with E-state index >= 15 is 0 Å². The van der Waals surface area contributed by atoms with E-state index in [1.807, 2.05) is 0 Å². The summed E-state index contributed by atoms with van der Waals surface area (Å²) in [6, 6.07) is 6.97. The molecule has 0 spiro atoms. The van der Waals surface area contributed by atoms with Crippen LogP contribution >= 0.6 is 39.7 Å². The second-order valence-electron chi connectivity index (χ2n) is 3.71. The Morgan fingerprint density at radius 1 is 1.23 bits per heavy atom. The Balaban J connectivity index is 0.000000541. The summed E-state index contributed by atoms with van der Waals surface area (Å²) in [5.74, 6) is -1.46. The van der Waals surface area contributed by atoms with Gasteiger partial charge < -0.3 is 4.74 Å². The van der Waals surface area contributed by atoms with Crippen LogP contribution in [-0.4, -0.2) is 9.91 Å². The van der Waals surface area contributed by atoms with Crippen molar-refractivity contribution in [2.45, 2.75) is 6.61 Å². The summed E-state index contributed by atoms with van der Waals surface area (Å²) in [6.45, 7) is 0.118. The molecule has 2 rings (SSSR count). The predicted molar refractivity (Wildman–Crippen MR) is 86.1 cm³/mol. The van der Waals surface area contributed by atoms with E-state index in [1.54, 1.807) is 12.1 Å². The standard InChI is InChI=1S/C12H9FN2O3.Cl3P/c13-10-3-1-9(2-4-10)8-18-12-7-14-6-5-11(12)15(16)17;1-4(2)3/h1-7H,8H2;. The first-order valence-corrected chi connectivity index (χ1v) is 9.69. The van der Waals surface area contributed by atoms with Gasteiger partial charge >= 0.3 is 5.69 Å². The van der Waals surface area contributed by atoms with Crippen LogP contribution in [0.25, 0.3) is 0 Å². The van der Waals surface area contributed by atoms with Crippen molar-refractivity contribution < 1.29 is 14.1 Å². The van der Waals surface area contributed by atoms with E-state index in [0.29, 0.717) is 0 Å². The lowest BCUT2D eigenvalue weighted by atomic mass is 10.2. The maximum Gasteiger partial charge on any atom is 0.314 e. The van der Waals surface area contributed by atoms with Crippen molar-refractivity contribution >= 4 is 45.4 Å². The second-order valence-corrected chi connectivity index (χ2v) is 8.69. The van der Waals surface area contributed by atoms with Gasteiger partial charge in [0.25, 0.3) is 0 Å². The van der Waals surface area contributed by atoms with E-state index in [0.717, 1.165) is 5.56 Å². The summed E-state index contributed by atoms with van der Waals surface area (Å²) in [7, 11) is 0. The van der Waals surface area contributed by atoms with Crippen LogP contribution < -0.4 is 4.74 Å². The molecule has 1 aromatic carbocycles. The van der Waals surface area contributed by atoms with Gasteiger partial charge in [-0.3, -0.25) is 15.1 Å². The fourth-order valence-electron chi connectivity index (χ4n) is 1.38. The van der Waals surface area contributed by atoms with Crippen LogP contribution in [0.4, 0.5) is 10.1 Å². The zero-order valence-electron chi connectivity index (χ0n) is 10.8. The SMILES string of the molecule is ClP(Cl)Cl.O=[N+]([O-])c1ccncc1OCc1ccc(F)cc1. The Hall–Kier alpha value is -1.20. The predicted octanol–water partition coefficient (Wildman–Crippen LogP) is 5.64. The third-order valence-electron chi connectivity index (χ3n) is 2.27. The number of halogens is 4. The smallest absolute Gasteiger partial charge is 0.314 e. The van der Waals surface area contributed by atoms with E-state index < -0.39 is 10.9 Å². The minimum Gasteiger partial charge on any atom is -0.481 e. The first-order valence-electron chi connectivity index (χ1n) is 5.63. The average Bonchev–Trinajstić information content (AvgIpc) is 2.46. The lowest BCUT2D eigenvalue weighted by Gasteiger charge is -2.05. The monoisotopic (exact) mass is 384 g/mol. The summed E-state index contributed by atoms with van der Waals surface area (Å²) < 4.78 is 18.0. The number of benzene rings is 1. The Kier molecular flexibility index (Phi) is 8.35. The van der Waals surface area contributed by atoms with Crippen molar-refractivity contribution in [2.24, 2.45) is 0 Å². The molecule has 0 saturated carbocycles. The molecular formula is C12H9Cl3FN2O3P. The van der Waals surface area contributed by atoms with Gasteiger partial charge in [0.1, 0.15) is 12.4 Å². The molecule has 5 nitrogen and oxygen atoms in total. The summed E-state index contributed by atoms with van der Waals surface area (Å²) in [5, 5.41) is 10.7. The van der Waals surface area contributed by atoms with E-state index in [4.69, 9.17) is 38.5 Å². The summed E-state index contributed by atoms with van der Waals surface area (Å²) in [6.07, 6.45) is 2.60. The van der Waals surface area contributed by atoms with Gasteiger partial charge in [-0.05, 0) is 17.7 Å². The van der Waals surface area contributed by atoms with Gasteiger partial charge in [0.15, 0.2) is 5.98 Å². The van der Waals surface area contributed by atoms with Crippen molar-refractivity contribution in [2.75, 3.05) is 0 Å². The topological polar surface area (TPSA) is 65.3 Å². The molecule has 1 aromatic heterocycles. The van der Waals surface area contributed by atoms with Crippen molar-refractivity contribution in [3.8, 4) is 5.75 Å². The number of hydrogen-bond donors (Lipinski definition) is 0. The molecule has 0 aliphatic rings. The fourth-order valence-corrected chi connectivity index (χ4v) is 1.38. The van der Waals surface area contributed by atoms with Gasteiger partial charge in [0, 0.05) is 12.3 Å². The molecule has 0 N–H and O–H groups in total. The number of aromatic nitrogens is 1. The van der Waals surface area contributed by atoms with Gasteiger partial charge in [-0.15, -0.1) is 0 Å². The van der Waals surface area contributed by atoms with Gasteiger partial charge in [-0.2, -0.15) is 0 Å². The highest BCUT2D eigenvalue weighted by atomic mass is 36.0. The largest absolute Gasteiger partial charge is 0.481 e. The number of hydrogen-bond acceptors (Lipinski definition) is 4. The zero-order valence-corrected chi connectivity index (χ0v) is 14.0. The lowest BCUT2D eigenvalue weighted by molar-refractivity contribution is -0.386. The average molecular weight is 386 g/mol. The first kappa shape index (κ1) is 18.8. The minimum absolute atomic E-state index is 0.0897. The molecule has 0 fully saturated rings. The molecule has 1 heterocycles. The molecule has 0 aliphatic carbocycles. The van der Waals surface area contributed by atoms with E-state index in [9.17, 15) is 14.5 Å². The molecule has 22 heavy (non-hydrogen) atoms. The van der Waals surface area contributed by atoms with E-state index in [1.165, 1.54) is 30.6 Å². The van der Waals surface area contributed by atoms with Crippen LogP contribution in [0, 0.1) is 15.9 Å². The number of nitro groups is 1. The molecule has 2 aromatic rings. The van der Waals surface area contributed by atoms with Crippen LogP contribution in [0.3, 0.4) is 0 Å². The second kappa shape index (κ2) is 9.74. The molecule has 0 aliphatic heterocycles. The highest BCUT2D eigenvalue weighted by Gasteiger charge is 2.14. The lowest BCUT2D eigenvalue weighted by Crippen LogP contribution is -1.99. The molecule has 0 unspecified atom stereocenters. The molecule has 0 atom stereocenters. The highest BCUT2D eigenvalue weighted by molar-refractivity contribution is 8.20. The molecule has 0 radical (unpaired) electrons. The normalized spacial score (nSPS) is 9.86. The van der Waals surface area contributed by atoms with Gasteiger partial charge in [-0.1, -0.05) is 45.9 Å². The number of rotatable bonds is 4. The third-order valence-corrected chi connectivity index (χ3v) is 2.27. The Morgan fingerprint density at radius 3 is 2.36 bits per heavy atom. The van der Waals surface area contributed by atoms with E-state index in [2.05, 4.69) is 4.98 Å². The quantitative estimate of drug-likeness (QED) is 0.388. The third kappa shape index (κ3) is 7.18. The van der Waals surface area contributed by atoms with Crippen LogP contribution in [0.1, 0.15) is 5.56 Å². The molecule has 0 amide bonds. The van der Waals surface area contributed by atoms with Gasteiger partial charge in [0.05, 0.1) is 11.1 Å². The number of nitrogens with zero attached hydrogens (tertiary/aromatic N) is 2. The first-order chi connectivity index (χ1) is 10.4. The molecular weight excluding hydrogens is 376 g/mol. The molecule has 0 saturated heterocycles. The van der Waals surface area contributed by atoms with Crippen molar-refractivity contribution in [1.29, 1.82) is 0 Å². The maximum atomic E-state index is 12.7. The summed E-state index contributed by atoms with van der Waals surface area (Å²) >= 11 is 14.6. The van der Waals surface area contributed by atoms with Crippen LogP contribution in [0.15, 0.2) is 42.7 Å². The Morgan fingerprint density at radius 2 is 1.82 bits per heavy atom. The van der Waals surface area contributed by atoms with Crippen LogP contribution in [0.5, 0.6) is 5.75 Å². The minimum atomic E-state index is -1.20. The highest BCUT2D eigenvalue weighted by Crippen LogP contribution is 2.51. The van der Waals surface area contributed by atoms with Crippen molar-refractivity contribution in [1.82, 2.24) is 4.98 Å². The molecule has 10 heteroatoms. The maximum absolute atomic E-state index is 12.7. The Labute approximate surface area is 141 Å². The van der Waals surface area contributed by atoms with Gasteiger partial charge in [-0.25, -0.2) is 4.39 Å². The summed E-state index contributed by atoms with van der Waals surface area (Å²) in [4.78, 5) is 14.0. The fraction of sp³-hybridized carbons (Fsp3) is 0.0833. The zero-order chi connectivity index (χ0) is 16.5. The molecule has 0 bridgehead atoms. The van der Waals surface area contributed by atoms with Crippen LogP contribution in [-0.2, 0) is 6.61 Å². The van der Waals surface area contributed by atoms with Gasteiger partial charge in [0.2, 0.25) is 5.75 Å². The Bertz CT molecular complexity index is 614. The van der Waals surface area contributed by atoms with Crippen molar-refractivity contribution in [3.05, 3.63) is 64.2 Å². The number of pyridine rings is 1. The summed E-state index contributed by atoms with van der Waals surface area (Å²) in [5.41, 5.74) is 0.571. The number of ether oxygens (including phenoxy) is 1.